The molecule has 0 bridgehead atoms. The maximum atomic E-state index is 12.7. The molecule has 33 heavy (non-hydrogen) atoms. The van der Waals surface area contributed by atoms with Gasteiger partial charge in [0, 0.05) is 11.9 Å². The molecular weight excluding hydrogens is 454 g/mol. The molecule has 0 saturated heterocycles. The Kier molecular flexibility index (Phi) is 8.53. The van der Waals surface area contributed by atoms with Crippen LogP contribution in [0.4, 0.5) is 5.13 Å². The Morgan fingerprint density at radius 1 is 1.15 bits per heavy atom. The van der Waals surface area contributed by atoms with Gasteiger partial charge in [-0.2, -0.15) is 0 Å². The SMILES string of the molecule is Cc1csc(NC(=O)C(C)Sc2nnc(C(C)Oc3ccccc3C(C)C)n2CC(C)C)n1. The van der Waals surface area contributed by atoms with Crippen LogP contribution in [0.1, 0.15) is 70.6 Å². The summed E-state index contributed by atoms with van der Waals surface area (Å²) in [5.41, 5.74) is 2.06. The highest BCUT2D eigenvalue weighted by Gasteiger charge is 2.25. The number of nitrogens with zero attached hydrogens (tertiary/aromatic N) is 4. The third-order valence-electron chi connectivity index (χ3n) is 5.00. The number of hydrogen-bond donors (Lipinski definition) is 1. The Labute approximate surface area is 204 Å². The first-order chi connectivity index (χ1) is 15.7. The molecule has 178 valence electrons. The standard InChI is InChI=1S/C24H33N5O2S2/c1-14(2)12-29-21(17(6)31-20-11-9-8-10-19(20)15(3)4)27-28-24(29)33-18(7)22(30)26-23-25-16(5)13-32-23/h8-11,13-15,17-18H,12H2,1-7H3,(H,25,26,30). The van der Waals surface area contributed by atoms with Crippen LogP contribution in [0.3, 0.4) is 0 Å². The molecule has 1 amide bonds. The molecular formula is C24H33N5O2S2. The molecule has 2 unspecified atom stereocenters. The highest BCUT2D eigenvalue weighted by atomic mass is 32.2. The Hall–Kier alpha value is -2.39. The molecule has 3 aromatic rings. The van der Waals surface area contributed by atoms with E-state index in [-0.39, 0.29) is 17.3 Å². The molecule has 7 nitrogen and oxygen atoms in total. The third-order valence-corrected chi connectivity index (χ3v) is 6.96. The molecule has 1 N–H and O–H groups in total. The van der Waals surface area contributed by atoms with Crippen molar-refractivity contribution in [1.29, 1.82) is 0 Å². The summed E-state index contributed by atoms with van der Waals surface area (Å²) in [4.78, 5) is 17.0. The van der Waals surface area contributed by atoms with Crippen molar-refractivity contribution in [3.05, 3.63) is 46.7 Å². The molecule has 0 aliphatic carbocycles. The lowest BCUT2D eigenvalue weighted by atomic mass is 10.0. The van der Waals surface area contributed by atoms with Gasteiger partial charge in [0.1, 0.15) is 5.75 Å². The lowest BCUT2D eigenvalue weighted by Gasteiger charge is -2.20. The minimum atomic E-state index is -0.352. The minimum Gasteiger partial charge on any atom is -0.482 e. The number of thioether (sulfide) groups is 1. The summed E-state index contributed by atoms with van der Waals surface area (Å²) in [7, 11) is 0. The Bertz CT molecular complexity index is 1080. The topological polar surface area (TPSA) is 81.9 Å². The van der Waals surface area contributed by atoms with Crippen LogP contribution < -0.4 is 10.1 Å². The molecule has 9 heteroatoms. The number of carbonyl (C=O) groups excluding carboxylic acids is 1. The quantitative estimate of drug-likeness (QED) is 0.349. The van der Waals surface area contributed by atoms with Crippen molar-refractivity contribution in [2.24, 2.45) is 5.92 Å². The minimum absolute atomic E-state index is 0.106. The van der Waals surface area contributed by atoms with E-state index in [1.165, 1.54) is 23.1 Å². The summed E-state index contributed by atoms with van der Waals surface area (Å²) >= 11 is 2.82. The Morgan fingerprint density at radius 2 is 1.88 bits per heavy atom. The number of aryl methyl sites for hydroxylation is 1. The highest BCUT2D eigenvalue weighted by Crippen LogP contribution is 2.32. The molecule has 0 fully saturated rings. The smallest absolute Gasteiger partial charge is 0.239 e. The van der Waals surface area contributed by atoms with Gasteiger partial charge in [-0.1, -0.05) is 57.7 Å². The molecule has 0 aliphatic rings. The van der Waals surface area contributed by atoms with Crippen molar-refractivity contribution in [2.75, 3.05) is 5.32 Å². The van der Waals surface area contributed by atoms with E-state index in [0.29, 0.717) is 22.1 Å². The summed E-state index contributed by atoms with van der Waals surface area (Å²) < 4.78 is 8.42. The van der Waals surface area contributed by atoms with Gasteiger partial charge in [-0.15, -0.1) is 21.5 Å². The molecule has 2 aromatic heterocycles. The summed E-state index contributed by atoms with van der Waals surface area (Å²) in [5.74, 6) is 2.25. The van der Waals surface area contributed by atoms with E-state index in [2.05, 4.69) is 58.8 Å². The maximum absolute atomic E-state index is 12.7. The van der Waals surface area contributed by atoms with Gasteiger partial charge in [-0.3, -0.25) is 4.79 Å². The number of ether oxygens (including phenoxy) is 1. The monoisotopic (exact) mass is 487 g/mol. The number of aromatic nitrogens is 4. The van der Waals surface area contributed by atoms with Crippen LogP contribution in [0.5, 0.6) is 5.75 Å². The molecule has 1 aromatic carbocycles. The number of hydrogen-bond acceptors (Lipinski definition) is 7. The second-order valence-electron chi connectivity index (χ2n) is 8.84. The second-order valence-corrected chi connectivity index (χ2v) is 11.0. The van der Waals surface area contributed by atoms with Crippen LogP contribution in [0.2, 0.25) is 0 Å². The van der Waals surface area contributed by atoms with Crippen LogP contribution in [-0.2, 0) is 11.3 Å². The predicted octanol–water partition coefficient (Wildman–Crippen LogP) is 6.08. The maximum Gasteiger partial charge on any atom is 0.239 e. The summed E-state index contributed by atoms with van der Waals surface area (Å²) in [5, 5.41) is 14.7. The molecule has 3 rings (SSSR count). The lowest BCUT2D eigenvalue weighted by Crippen LogP contribution is -2.23. The van der Waals surface area contributed by atoms with Crippen molar-refractivity contribution >= 4 is 34.1 Å². The van der Waals surface area contributed by atoms with E-state index in [1.54, 1.807) is 0 Å². The van der Waals surface area contributed by atoms with Crippen LogP contribution in [0.15, 0.2) is 34.8 Å². The third kappa shape index (κ3) is 6.57. The summed E-state index contributed by atoms with van der Waals surface area (Å²) in [6.45, 7) is 15.1. The molecule has 0 radical (unpaired) electrons. The van der Waals surface area contributed by atoms with Crippen molar-refractivity contribution < 1.29 is 9.53 Å². The van der Waals surface area contributed by atoms with E-state index >= 15 is 0 Å². The zero-order chi connectivity index (χ0) is 24.1. The first kappa shape index (κ1) is 25.2. The Morgan fingerprint density at radius 3 is 2.52 bits per heavy atom. The number of nitrogens with one attached hydrogen (secondary N) is 1. The fourth-order valence-electron chi connectivity index (χ4n) is 3.36. The van der Waals surface area contributed by atoms with Crippen molar-refractivity contribution in [2.45, 2.75) is 77.4 Å². The molecule has 0 spiro atoms. The van der Waals surface area contributed by atoms with Gasteiger partial charge in [-0.25, -0.2) is 4.98 Å². The Balaban J connectivity index is 1.78. The number of carbonyl (C=O) groups is 1. The fourth-order valence-corrected chi connectivity index (χ4v) is 4.92. The van der Waals surface area contributed by atoms with Gasteiger partial charge in [0.25, 0.3) is 0 Å². The van der Waals surface area contributed by atoms with E-state index in [1.807, 2.05) is 44.4 Å². The van der Waals surface area contributed by atoms with Gasteiger partial charge in [-0.05, 0) is 44.2 Å². The number of rotatable bonds is 10. The van der Waals surface area contributed by atoms with Crippen LogP contribution >= 0.6 is 23.1 Å². The van der Waals surface area contributed by atoms with Crippen LogP contribution in [0, 0.1) is 12.8 Å². The molecule has 2 heterocycles. The number of thiazole rings is 1. The van der Waals surface area contributed by atoms with Gasteiger partial charge >= 0.3 is 0 Å². The molecule has 0 aliphatic heterocycles. The second kappa shape index (κ2) is 11.2. The van der Waals surface area contributed by atoms with Gasteiger partial charge in [0.2, 0.25) is 5.91 Å². The number of anilines is 1. The van der Waals surface area contributed by atoms with Crippen molar-refractivity contribution in [3.8, 4) is 5.75 Å². The van der Waals surface area contributed by atoms with E-state index in [9.17, 15) is 4.79 Å². The average Bonchev–Trinajstić information content (AvgIpc) is 3.33. The highest BCUT2D eigenvalue weighted by molar-refractivity contribution is 8.00. The summed E-state index contributed by atoms with van der Waals surface area (Å²) in [6.07, 6.45) is -0.284. The van der Waals surface area contributed by atoms with Crippen molar-refractivity contribution in [1.82, 2.24) is 19.7 Å². The number of benzene rings is 1. The largest absolute Gasteiger partial charge is 0.482 e. The van der Waals surface area contributed by atoms with Gasteiger partial charge < -0.3 is 14.6 Å². The number of para-hydroxylation sites is 1. The first-order valence-corrected chi connectivity index (χ1v) is 13.0. The predicted molar refractivity (Wildman–Crippen MR) is 135 cm³/mol. The average molecular weight is 488 g/mol. The van der Waals surface area contributed by atoms with Gasteiger partial charge in [0.15, 0.2) is 22.2 Å². The normalized spacial score (nSPS) is 13.4. The molecule has 2 atom stereocenters. The lowest BCUT2D eigenvalue weighted by molar-refractivity contribution is -0.115. The van der Waals surface area contributed by atoms with Gasteiger partial charge in [0.05, 0.1) is 10.9 Å². The molecule has 0 saturated carbocycles. The van der Waals surface area contributed by atoms with Crippen LogP contribution in [-0.4, -0.2) is 30.9 Å². The van der Waals surface area contributed by atoms with Crippen molar-refractivity contribution in [3.63, 3.8) is 0 Å². The number of amides is 1. The zero-order valence-electron chi connectivity index (χ0n) is 20.3. The zero-order valence-corrected chi connectivity index (χ0v) is 22.0. The van der Waals surface area contributed by atoms with Crippen LogP contribution in [0.25, 0.3) is 0 Å². The van der Waals surface area contributed by atoms with E-state index in [0.717, 1.165) is 29.4 Å². The van der Waals surface area contributed by atoms with E-state index < -0.39 is 0 Å². The fraction of sp³-hybridized carbons (Fsp3) is 0.500. The summed E-state index contributed by atoms with van der Waals surface area (Å²) in [6, 6.07) is 8.11. The first-order valence-electron chi connectivity index (χ1n) is 11.2. The van der Waals surface area contributed by atoms with E-state index in [4.69, 9.17) is 4.74 Å².